The van der Waals surface area contributed by atoms with E-state index >= 15 is 0 Å². The van der Waals surface area contributed by atoms with Gasteiger partial charge >= 0.3 is 65.9 Å². The van der Waals surface area contributed by atoms with Crippen LogP contribution in [-0.4, -0.2) is 163 Å². The van der Waals surface area contributed by atoms with E-state index in [1.54, 1.807) is 53.7 Å². The van der Waals surface area contributed by atoms with Gasteiger partial charge in [-0.1, -0.05) is 179 Å². The fourth-order valence-corrected chi connectivity index (χ4v) is 23.2. The summed E-state index contributed by atoms with van der Waals surface area (Å²) in [5.74, 6) is -1.04. The number of alkyl halides is 3. The molecule has 18 atom stereocenters. The number of benzene rings is 4. The highest BCUT2D eigenvalue weighted by molar-refractivity contribution is 7.97. The molecule has 832 valence electrons. The van der Waals surface area contributed by atoms with Gasteiger partial charge in [0.15, 0.2) is 26.9 Å². The number of fused-ring (bicyclic) bond motifs is 3. The van der Waals surface area contributed by atoms with Crippen molar-refractivity contribution in [2.75, 3.05) is 25.8 Å². The van der Waals surface area contributed by atoms with Crippen LogP contribution in [0.3, 0.4) is 0 Å². The number of phenolic OH excluding ortho intramolecular Hbond substituents is 1. The molecule has 5 aliphatic heterocycles. The van der Waals surface area contributed by atoms with Gasteiger partial charge in [0.1, 0.15) is 35.6 Å². The Morgan fingerprint density at radius 1 is 0.541 bits per heavy atom. The first kappa shape index (κ1) is 127. The first-order valence-electron chi connectivity index (χ1n) is 53.5. The van der Waals surface area contributed by atoms with E-state index in [0.717, 1.165) is 93.7 Å². The SMILES string of the molecule is CC1C(=O)OC(=O)C1C.CC1C(=O)OC(=O)C1C.CC1C2CC(COCOCC(C)(C)C)C(C2)C1C.CCC(C)(C)C(=O)OC12CC3CC(C1)CC(C(=O)OC(CS(=O)(=O)[O-])C(F)(F)F)(C3)C2.CCC(C)(C)C(=O)OC1C2CC3C(=O)OC1C3O2.CCC(C)(C)C(=O)Oc1ccc(O)cc1.CCC(C)OC(C)(C)C.CCC1(OC(=O)C(C)(C)CC)CCC(C(C)(C)C)CC1.c1ccc([S+](c2ccccc2)c2ccccc2)cc1. The molecule has 4 aromatic carbocycles. The Labute approximate surface area is 883 Å². The van der Waals surface area contributed by atoms with Gasteiger partial charge in [-0.3, -0.25) is 47.9 Å². The Kier molecular flexibility index (Phi) is 45.3. The summed E-state index contributed by atoms with van der Waals surface area (Å²) in [5.41, 5.74) is -3.87. The summed E-state index contributed by atoms with van der Waals surface area (Å²) in [6.07, 6.45) is 6.21. The van der Waals surface area contributed by atoms with E-state index in [-0.39, 0.29) is 123 Å². The highest BCUT2D eigenvalue weighted by Crippen LogP contribution is 2.64. The second-order valence-corrected chi connectivity index (χ2v) is 52.2. The summed E-state index contributed by atoms with van der Waals surface area (Å²) >= 11 is 0. The van der Waals surface area contributed by atoms with Crippen molar-refractivity contribution < 1.29 is 136 Å². The van der Waals surface area contributed by atoms with Gasteiger partial charge in [-0.15, -0.1) is 0 Å². The molecular formula is C117H175F3O26S2. The number of carbonyl (C=O) groups is 10. The van der Waals surface area contributed by atoms with Crippen LogP contribution in [0.25, 0.3) is 0 Å². The maximum Gasteiger partial charge on any atom is 0.426 e. The van der Waals surface area contributed by atoms with Gasteiger partial charge in [0.25, 0.3) is 0 Å². The third-order valence-corrected chi connectivity index (χ3v) is 35.1. The van der Waals surface area contributed by atoms with Crippen LogP contribution in [0.1, 0.15) is 330 Å². The van der Waals surface area contributed by atoms with E-state index in [9.17, 15) is 74.1 Å². The maximum atomic E-state index is 13.3. The van der Waals surface area contributed by atoms with E-state index < -0.39 is 103 Å². The van der Waals surface area contributed by atoms with Crippen LogP contribution in [0.2, 0.25) is 0 Å². The van der Waals surface area contributed by atoms with Crippen LogP contribution >= 0.6 is 0 Å². The average Bonchev–Trinajstić information content (AvgIpc) is 1.32. The molecule has 16 rings (SSSR count). The van der Waals surface area contributed by atoms with Crippen molar-refractivity contribution in [2.45, 2.75) is 404 Å². The lowest BCUT2D eigenvalue weighted by molar-refractivity contribution is -0.239. The van der Waals surface area contributed by atoms with Crippen LogP contribution in [0.4, 0.5) is 13.2 Å². The number of esters is 10. The topological polar surface area (TPSA) is 359 Å². The third kappa shape index (κ3) is 35.9. The highest BCUT2D eigenvalue weighted by Gasteiger charge is 2.67. The molecule has 0 amide bonds. The molecule has 12 fully saturated rings. The number of rotatable bonds is 27. The zero-order valence-electron chi connectivity index (χ0n) is 93.8. The predicted molar refractivity (Wildman–Crippen MR) is 559 cm³/mol. The molecule has 7 aliphatic carbocycles. The van der Waals surface area contributed by atoms with Crippen molar-refractivity contribution in [3.05, 3.63) is 115 Å². The fourth-order valence-electron chi connectivity index (χ4n) is 20.4. The van der Waals surface area contributed by atoms with E-state index in [4.69, 9.17) is 47.7 Å². The minimum Gasteiger partial charge on any atom is -0.748 e. The molecular weight excluding hydrogens is 1940 g/mol. The number of hydrogen-bond donors (Lipinski definition) is 1. The quantitative estimate of drug-likeness (QED) is 0.00847. The van der Waals surface area contributed by atoms with Gasteiger partial charge in [0.2, 0.25) is 6.10 Å². The number of ether oxygens (including phenoxy) is 12. The van der Waals surface area contributed by atoms with Gasteiger partial charge in [0, 0.05) is 6.42 Å². The number of hydrogen-bond acceptors (Lipinski definition) is 26. The van der Waals surface area contributed by atoms with E-state index in [1.165, 1.54) is 52.5 Å². The first-order valence-corrected chi connectivity index (χ1v) is 56.3. The number of aromatic hydroxyl groups is 1. The van der Waals surface area contributed by atoms with Crippen molar-refractivity contribution in [3.8, 4) is 11.5 Å². The Bertz CT molecular complexity index is 4910. The normalized spacial score (nSPS) is 28.4. The van der Waals surface area contributed by atoms with Crippen molar-refractivity contribution in [3.63, 3.8) is 0 Å². The van der Waals surface area contributed by atoms with Crippen LogP contribution in [-0.2, 0) is 121 Å². The summed E-state index contributed by atoms with van der Waals surface area (Å²) in [6.45, 7) is 62.6. The molecule has 7 saturated carbocycles. The average molecular weight is 2120 g/mol. The third-order valence-electron chi connectivity index (χ3n) is 32.1. The second kappa shape index (κ2) is 53.0. The lowest BCUT2D eigenvalue weighted by Gasteiger charge is -2.60. The minimum atomic E-state index is -5.27. The van der Waals surface area contributed by atoms with E-state index in [1.807, 2.05) is 62.3 Å². The molecule has 5 heterocycles. The number of cyclic esters (lactones) is 4. The van der Waals surface area contributed by atoms with Crippen molar-refractivity contribution >= 4 is 80.7 Å². The zero-order valence-corrected chi connectivity index (χ0v) is 95.4. The summed E-state index contributed by atoms with van der Waals surface area (Å²) in [6, 6.07) is 38.3. The van der Waals surface area contributed by atoms with Crippen molar-refractivity contribution in [1.29, 1.82) is 0 Å². The minimum absolute atomic E-state index is 0.00100. The number of carbonyl (C=O) groups excluding carboxylic acids is 10. The summed E-state index contributed by atoms with van der Waals surface area (Å²) < 4.78 is 136. The fraction of sp³-hybridized carbons (Fsp3) is 0.709. The number of phenols is 1. The number of halogens is 3. The Morgan fingerprint density at radius 2 is 0.986 bits per heavy atom. The summed E-state index contributed by atoms with van der Waals surface area (Å²) in [4.78, 5) is 120. The molecule has 1 N–H and O–H groups in total. The van der Waals surface area contributed by atoms with Crippen molar-refractivity contribution in [1.82, 2.24) is 0 Å². The van der Waals surface area contributed by atoms with Gasteiger partial charge in [-0.05, 0) is 317 Å². The lowest BCUT2D eigenvalue weighted by Crippen LogP contribution is -2.61. The Hall–Kier alpha value is -8.33. The Morgan fingerprint density at radius 3 is 1.36 bits per heavy atom. The van der Waals surface area contributed by atoms with Crippen LogP contribution < -0.4 is 4.74 Å². The summed E-state index contributed by atoms with van der Waals surface area (Å²) in [5, 5.41) is 9.06. The Balaban J connectivity index is 0.000000231. The molecule has 26 nitrogen and oxygen atoms in total. The molecule has 5 saturated heterocycles. The molecule has 0 aromatic heterocycles. The monoisotopic (exact) mass is 2120 g/mol. The van der Waals surface area contributed by atoms with E-state index in [2.05, 4.69) is 209 Å². The summed E-state index contributed by atoms with van der Waals surface area (Å²) in [7, 11) is -5.29. The molecule has 12 aliphatic rings. The van der Waals surface area contributed by atoms with Crippen LogP contribution in [0.15, 0.2) is 130 Å². The molecule has 18 unspecified atom stereocenters. The van der Waals surface area contributed by atoms with Crippen molar-refractivity contribution in [2.24, 2.45) is 115 Å². The standard InChI is InChI=1S/C20H29F3O7S.C18H34O2.C18H15S.C16H30O2.C13H18O5.C12H16O3.C8H18O.2C6H8O3/c1-4-17(2,3)15(24)30-19-8-12-5-13(9-19)7-18(6-12,11-19)16(25)29-14(20(21,22)23)10-31(26,27)28;1-8-17(6,7)15(19)20-18(9-2)12-10-14(11-13-18)16(3,4)5;1-4-10-16(11-5-1)19(17-12-6-2-7-13-17)18-14-8-3-9-15-18;1-11-12(2)15-7-13(11)6-14(15)8-17-10-18-9-16(3,4)5;1-4-13(2,3)12(15)18-9-7-5-6-8(16-7)10(9)17-11(6)14;1-4-12(2,3)11(14)15-10-7-5-9(13)6-8-10;1-6-7(2)9-8(3,4)5;2*1-3-4(2)6(8)9-5(3)7/h12-14H,4-11H2,1-3H3,(H,26,27,28);14H,8-13H2,1-7H3;1-15H;11-15H,6-10H2,1-5H3;6-10H,4-5H2,1-3H3;5-8,13H,4H2,1-3H3;7H,6H2,1-5H3;2*3-4H,1-2H3/q;;+1;;;;;;/p-1. The molecule has 8 bridgehead atoms. The smallest absolute Gasteiger partial charge is 0.426 e. The largest absolute Gasteiger partial charge is 0.748 e. The molecule has 4 aromatic rings. The maximum absolute atomic E-state index is 13.3. The van der Waals surface area contributed by atoms with E-state index in [0.29, 0.717) is 69.0 Å². The zero-order chi connectivity index (χ0) is 111. The molecule has 0 radical (unpaired) electrons. The van der Waals surface area contributed by atoms with Crippen LogP contribution in [0.5, 0.6) is 11.5 Å². The lowest BCUT2D eigenvalue weighted by atomic mass is 9.48. The highest BCUT2D eigenvalue weighted by atomic mass is 32.2. The predicted octanol–water partition coefficient (Wildman–Crippen LogP) is 24.5. The van der Waals surface area contributed by atoms with Crippen LogP contribution in [0, 0.1) is 115 Å². The molecule has 31 heteroatoms. The van der Waals surface area contributed by atoms with Gasteiger partial charge in [-0.2, -0.15) is 13.2 Å². The molecule has 0 spiro atoms. The van der Waals surface area contributed by atoms with Gasteiger partial charge in [-0.25, -0.2) is 8.42 Å². The second-order valence-electron chi connectivity index (χ2n) is 48.7. The van der Waals surface area contributed by atoms with Gasteiger partial charge in [0.05, 0.1) is 114 Å². The molecule has 148 heavy (non-hydrogen) atoms. The van der Waals surface area contributed by atoms with Gasteiger partial charge < -0.3 is 66.5 Å². The first-order chi connectivity index (χ1) is 68.5.